The van der Waals surface area contributed by atoms with Gasteiger partial charge < -0.3 is 49.9 Å². The van der Waals surface area contributed by atoms with Crippen LogP contribution in [0.1, 0.15) is 67.3 Å². The molecule has 177 valence electrons. The fourth-order valence-corrected chi connectivity index (χ4v) is 3.73. The van der Waals surface area contributed by atoms with Crippen LogP contribution in [0, 0.1) is 20.8 Å². The maximum Gasteiger partial charge on any atom is 2.00 e. The Morgan fingerprint density at radius 1 is 0.677 bits per heavy atom. The van der Waals surface area contributed by atoms with Crippen molar-refractivity contribution in [2.45, 2.75) is 60.3 Å². The van der Waals surface area contributed by atoms with Gasteiger partial charge in [-0.1, -0.05) is 63.6 Å². The van der Waals surface area contributed by atoms with Crippen LogP contribution in [0.15, 0.2) is 30.3 Å². The molecule has 0 amide bonds. The predicted molar refractivity (Wildman–Crippen MR) is 125 cm³/mol. The molecule has 0 saturated carbocycles. The molecule has 0 aliphatic rings. The second-order valence-corrected chi connectivity index (χ2v) is 8.50. The zero-order chi connectivity index (χ0) is 20.7. The number of hydrogen-bond donors (Lipinski definition) is 3. The average molecular weight is 600 g/mol. The topological polar surface area (TPSA) is 36.1 Å². The smallest absolute Gasteiger partial charge is 1.00 e. The van der Waals surface area contributed by atoms with Crippen LogP contribution in [-0.4, -0.2) is 26.2 Å². The molecule has 0 saturated heterocycles. The zero-order valence-corrected chi connectivity index (χ0v) is 24.2. The first-order chi connectivity index (χ1) is 13.3. The Balaban J connectivity index is 0. The molecule has 6 heteroatoms. The van der Waals surface area contributed by atoms with Gasteiger partial charge in [-0.25, -0.2) is 0 Å². The summed E-state index contributed by atoms with van der Waals surface area (Å²) in [6.45, 7) is 19.4. The summed E-state index contributed by atoms with van der Waals surface area (Å²) >= 11 is 0. The number of halogens is 2. The van der Waals surface area contributed by atoms with Gasteiger partial charge in [-0.15, -0.1) is 0 Å². The van der Waals surface area contributed by atoms with E-state index in [2.05, 4.69) is 94.7 Å². The molecule has 0 unspecified atom stereocenters. The third-order valence-corrected chi connectivity index (χ3v) is 5.28. The van der Waals surface area contributed by atoms with Gasteiger partial charge in [-0.2, -0.15) is 0 Å². The van der Waals surface area contributed by atoms with Gasteiger partial charge in [-0.3, -0.25) is 0 Å². The Bertz CT molecular complexity index is 730. The summed E-state index contributed by atoms with van der Waals surface area (Å²) in [5.74, 6) is 1.05. The summed E-state index contributed by atoms with van der Waals surface area (Å²) in [5.41, 5.74) is 9.44. The van der Waals surface area contributed by atoms with Crippen LogP contribution >= 0.6 is 0 Å². The van der Waals surface area contributed by atoms with Crippen molar-refractivity contribution in [2.24, 2.45) is 0 Å². The number of rotatable bonds is 10. The summed E-state index contributed by atoms with van der Waals surface area (Å²) in [6, 6.07) is 11.1. The maximum absolute atomic E-state index is 3.72. The Labute approximate surface area is 221 Å². The van der Waals surface area contributed by atoms with Gasteiger partial charge >= 0.3 is 16.8 Å². The first-order valence-electron chi connectivity index (χ1n) is 10.7. The standard InChI is InChI=1S/C25H39N3.2BrH.Co/c1-17(2)22-15-19(5)16-23(18(3)4)25(22)28-14-12-26-11-13-27-24-20(6)9-8-10-21(24)7;;;/h8-10,15-18,26-28H,11-14H2,1-7H3;2*1H;/q;;;+2/p-2. The van der Waals surface area contributed by atoms with Gasteiger partial charge in [0.2, 0.25) is 0 Å². The molecule has 0 aliphatic carbocycles. The summed E-state index contributed by atoms with van der Waals surface area (Å²) in [6.07, 6.45) is 0. The average Bonchev–Trinajstić information content (AvgIpc) is 2.63. The van der Waals surface area contributed by atoms with E-state index in [1.54, 1.807) is 0 Å². The zero-order valence-electron chi connectivity index (χ0n) is 20.0. The Morgan fingerprint density at radius 2 is 1.10 bits per heavy atom. The number of aryl methyl sites for hydroxylation is 3. The van der Waals surface area contributed by atoms with Crippen molar-refractivity contribution in [1.29, 1.82) is 0 Å². The van der Waals surface area contributed by atoms with Gasteiger partial charge in [0.1, 0.15) is 0 Å². The van der Waals surface area contributed by atoms with Gasteiger partial charge in [0, 0.05) is 37.6 Å². The van der Waals surface area contributed by atoms with Crippen LogP contribution in [0.5, 0.6) is 0 Å². The molecule has 31 heavy (non-hydrogen) atoms. The van der Waals surface area contributed by atoms with Gasteiger partial charge in [-0.05, 0) is 54.9 Å². The maximum atomic E-state index is 3.72. The Hall–Kier alpha value is -0.534. The molecule has 0 heterocycles. The van der Waals surface area contributed by atoms with Crippen LogP contribution in [0.2, 0.25) is 0 Å². The van der Waals surface area contributed by atoms with Crippen molar-refractivity contribution >= 4 is 11.4 Å². The fourth-order valence-electron chi connectivity index (χ4n) is 3.73. The molecule has 2 rings (SSSR count). The number of nitrogens with one attached hydrogen (secondary N) is 3. The van der Waals surface area contributed by atoms with Crippen molar-refractivity contribution in [2.75, 3.05) is 36.8 Å². The van der Waals surface area contributed by atoms with Gasteiger partial charge in [0.25, 0.3) is 0 Å². The molecular weight excluding hydrogens is 561 g/mol. The van der Waals surface area contributed by atoms with Crippen molar-refractivity contribution in [1.82, 2.24) is 5.32 Å². The van der Waals surface area contributed by atoms with E-state index in [0.717, 1.165) is 26.2 Å². The quantitative estimate of drug-likeness (QED) is 0.336. The molecule has 2 aromatic rings. The molecule has 1 radical (unpaired) electrons. The van der Waals surface area contributed by atoms with Crippen molar-refractivity contribution in [3.8, 4) is 0 Å². The summed E-state index contributed by atoms with van der Waals surface area (Å²) in [5, 5.41) is 10.8. The van der Waals surface area contributed by atoms with Gasteiger partial charge in [0.05, 0.1) is 0 Å². The number of benzene rings is 2. The Kier molecular flexibility index (Phi) is 17.0. The van der Waals surface area contributed by atoms with E-state index >= 15 is 0 Å². The second-order valence-electron chi connectivity index (χ2n) is 8.50. The molecule has 0 spiro atoms. The van der Waals surface area contributed by atoms with E-state index in [9.17, 15) is 0 Å². The van der Waals surface area contributed by atoms with Crippen LogP contribution in [0.25, 0.3) is 0 Å². The minimum absolute atomic E-state index is 0. The third kappa shape index (κ3) is 9.87. The van der Waals surface area contributed by atoms with Crippen molar-refractivity contribution in [3.63, 3.8) is 0 Å². The van der Waals surface area contributed by atoms with Crippen molar-refractivity contribution in [3.05, 3.63) is 58.1 Å². The minimum atomic E-state index is 0. The normalized spacial score (nSPS) is 10.2. The Morgan fingerprint density at radius 3 is 1.52 bits per heavy atom. The van der Waals surface area contributed by atoms with Crippen LogP contribution in [-0.2, 0) is 16.8 Å². The molecule has 3 nitrogen and oxygen atoms in total. The molecule has 0 bridgehead atoms. The number of hydrogen-bond acceptors (Lipinski definition) is 3. The van der Waals surface area contributed by atoms with E-state index < -0.39 is 0 Å². The molecule has 0 aliphatic heterocycles. The van der Waals surface area contributed by atoms with E-state index in [1.165, 1.54) is 39.2 Å². The van der Waals surface area contributed by atoms with Crippen LogP contribution in [0.3, 0.4) is 0 Å². The molecular formula is C25H39Br2CoN3. The van der Waals surface area contributed by atoms with E-state index in [-0.39, 0.29) is 50.7 Å². The molecule has 3 N–H and O–H groups in total. The SMILES string of the molecule is Cc1cc(C(C)C)c(NCCNCCNc2c(C)cccc2C)c(C(C)C)c1.[Br-].[Br-].[Co+2]. The van der Waals surface area contributed by atoms with E-state index in [4.69, 9.17) is 0 Å². The fraction of sp³-hybridized carbons (Fsp3) is 0.520. The molecule has 2 aromatic carbocycles. The first kappa shape index (κ1) is 32.6. The van der Waals surface area contributed by atoms with E-state index in [0.29, 0.717) is 11.8 Å². The molecule has 0 aromatic heterocycles. The monoisotopic (exact) mass is 598 g/mol. The summed E-state index contributed by atoms with van der Waals surface area (Å²) < 4.78 is 0. The van der Waals surface area contributed by atoms with Gasteiger partial charge in [0.15, 0.2) is 0 Å². The molecule has 0 fully saturated rings. The summed E-state index contributed by atoms with van der Waals surface area (Å²) in [4.78, 5) is 0. The predicted octanol–water partition coefficient (Wildman–Crippen LogP) is -0.0222. The molecule has 0 atom stereocenters. The minimum Gasteiger partial charge on any atom is -1.00 e. The largest absolute Gasteiger partial charge is 2.00 e. The number of para-hydroxylation sites is 1. The second kappa shape index (κ2) is 16.1. The van der Waals surface area contributed by atoms with Crippen molar-refractivity contribution < 1.29 is 50.7 Å². The van der Waals surface area contributed by atoms with E-state index in [1.807, 2.05) is 0 Å². The number of anilines is 2. The van der Waals surface area contributed by atoms with Crippen LogP contribution in [0.4, 0.5) is 11.4 Å². The third-order valence-electron chi connectivity index (χ3n) is 5.28. The summed E-state index contributed by atoms with van der Waals surface area (Å²) in [7, 11) is 0. The first-order valence-corrected chi connectivity index (χ1v) is 10.7. The van der Waals surface area contributed by atoms with Crippen LogP contribution < -0.4 is 49.9 Å².